The van der Waals surface area contributed by atoms with Gasteiger partial charge < -0.3 is 15.0 Å². The number of alkyl halides is 3. The molecular formula is C31H28F4N6O2S. The number of halogens is 4. The van der Waals surface area contributed by atoms with Gasteiger partial charge in [0.2, 0.25) is 0 Å². The summed E-state index contributed by atoms with van der Waals surface area (Å²) in [5.41, 5.74) is 3.45. The van der Waals surface area contributed by atoms with Crippen molar-refractivity contribution in [1.29, 1.82) is 0 Å². The molecule has 1 aliphatic heterocycles. The second kappa shape index (κ2) is 13.3. The number of hydrogen-bond acceptors (Lipinski definition) is 5. The predicted octanol–water partition coefficient (Wildman–Crippen LogP) is 7.76. The molecule has 0 bridgehead atoms. The Morgan fingerprint density at radius 1 is 1.11 bits per heavy atom. The van der Waals surface area contributed by atoms with Gasteiger partial charge in [-0.15, -0.1) is 18.3 Å². The number of thioether (sulfide) groups is 1. The Kier molecular flexibility index (Phi) is 9.33. The molecule has 1 saturated heterocycles. The van der Waals surface area contributed by atoms with Gasteiger partial charge >= 0.3 is 12.4 Å². The van der Waals surface area contributed by atoms with Gasteiger partial charge in [-0.1, -0.05) is 61.2 Å². The Morgan fingerprint density at radius 2 is 1.84 bits per heavy atom. The van der Waals surface area contributed by atoms with Gasteiger partial charge in [0.05, 0.1) is 5.69 Å². The Morgan fingerprint density at radius 3 is 2.55 bits per heavy atom. The lowest BCUT2D eigenvalue weighted by molar-refractivity contribution is -0.274. The average molecular weight is 625 g/mol. The molecule has 0 radical (unpaired) electrons. The molecule has 8 nitrogen and oxygen atoms in total. The molecule has 1 atom stereocenters. The van der Waals surface area contributed by atoms with E-state index in [0.29, 0.717) is 22.2 Å². The van der Waals surface area contributed by atoms with Crippen LogP contribution in [0.15, 0.2) is 90.3 Å². The number of carbonyl (C=O) groups excluding carboxylic acids is 1. The minimum atomic E-state index is -4.78. The summed E-state index contributed by atoms with van der Waals surface area (Å²) < 4.78 is 57.4. The van der Waals surface area contributed by atoms with Crippen LogP contribution in [0.5, 0.6) is 5.75 Å². The second-order valence-corrected chi connectivity index (χ2v) is 10.9. The number of urea groups is 1. The maximum absolute atomic E-state index is 14.9. The number of amidine groups is 1. The third kappa shape index (κ3) is 7.46. The van der Waals surface area contributed by atoms with E-state index in [1.807, 2.05) is 18.2 Å². The number of aromatic nitrogens is 3. The fourth-order valence-electron chi connectivity index (χ4n) is 4.61. The quantitative estimate of drug-likeness (QED) is 0.212. The van der Waals surface area contributed by atoms with E-state index in [9.17, 15) is 22.4 Å². The zero-order valence-electron chi connectivity index (χ0n) is 23.8. The molecule has 13 heteroatoms. The van der Waals surface area contributed by atoms with Crippen molar-refractivity contribution in [2.45, 2.75) is 39.1 Å². The van der Waals surface area contributed by atoms with Crippen LogP contribution < -0.4 is 15.0 Å². The Bertz CT molecular complexity index is 1670. The van der Waals surface area contributed by atoms with E-state index in [1.165, 1.54) is 59.2 Å². The van der Waals surface area contributed by atoms with E-state index in [2.05, 4.69) is 49.9 Å². The van der Waals surface area contributed by atoms with Gasteiger partial charge in [0, 0.05) is 34.8 Å². The topological polar surface area (TPSA) is 84.6 Å². The lowest BCUT2D eigenvalue weighted by Crippen LogP contribution is -2.42. The Balaban J connectivity index is 1.24. The fourth-order valence-corrected chi connectivity index (χ4v) is 5.81. The molecule has 0 saturated carbocycles. The molecule has 2 heterocycles. The summed E-state index contributed by atoms with van der Waals surface area (Å²) >= 11 is 1.49. The molecule has 1 fully saturated rings. The number of ether oxygens (including phenoxy) is 1. The zero-order valence-corrected chi connectivity index (χ0v) is 24.6. The number of rotatable bonds is 7. The maximum atomic E-state index is 14.9. The lowest BCUT2D eigenvalue weighted by Gasteiger charge is -2.36. The van der Waals surface area contributed by atoms with Crippen molar-refractivity contribution in [3.63, 3.8) is 0 Å². The molecule has 5 rings (SSSR count). The summed E-state index contributed by atoms with van der Waals surface area (Å²) in [7, 11) is 0. The molecule has 0 aliphatic carbocycles. The summed E-state index contributed by atoms with van der Waals surface area (Å²) in [6.45, 7) is 4.17. The summed E-state index contributed by atoms with van der Waals surface area (Å²) in [5.74, 6) is 0.139. The van der Waals surface area contributed by atoms with Gasteiger partial charge in [-0.25, -0.2) is 18.9 Å². The molecule has 1 aliphatic rings. The summed E-state index contributed by atoms with van der Waals surface area (Å²) in [4.78, 5) is 23.3. The smallest absolute Gasteiger partial charge is 0.406 e. The van der Waals surface area contributed by atoms with Crippen LogP contribution in [0.4, 0.5) is 28.0 Å². The average Bonchev–Trinajstić information content (AvgIpc) is 3.50. The Hall–Kier alpha value is -4.65. The highest BCUT2D eigenvalue weighted by Gasteiger charge is 2.31. The summed E-state index contributed by atoms with van der Waals surface area (Å²) in [6.07, 6.45) is -0.613. The van der Waals surface area contributed by atoms with Gasteiger partial charge in [-0.05, 0) is 55.7 Å². The number of nitrogens with zero attached hydrogens (tertiary/aromatic N) is 5. The van der Waals surface area contributed by atoms with Gasteiger partial charge in [-0.2, -0.15) is 4.99 Å². The number of nitrogens with one attached hydrogen (secondary N) is 1. The first-order valence-electron chi connectivity index (χ1n) is 13.7. The van der Waals surface area contributed by atoms with Crippen molar-refractivity contribution in [3.05, 3.63) is 96.5 Å². The number of benzene rings is 3. The summed E-state index contributed by atoms with van der Waals surface area (Å²) in [6, 6.07) is 19.0. The van der Waals surface area contributed by atoms with Crippen LogP contribution in [-0.2, 0) is 6.42 Å². The highest BCUT2D eigenvalue weighted by molar-refractivity contribution is 8.14. The molecule has 0 spiro atoms. The van der Waals surface area contributed by atoms with Crippen molar-refractivity contribution in [2.24, 2.45) is 4.99 Å². The van der Waals surface area contributed by atoms with Crippen LogP contribution in [0.25, 0.3) is 22.9 Å². The van der Waals surface area contributed by atoms with Crippen LogP contribution >= 0.6 is 11.8 Å². The van der Waals surface area contributed by atoms with Gasteiger partial charge in [0.1, 0.15) is 17.9 Å². The van der Waals surface area contributed by atoms with Crippen LogP contribution in [0.1, 0.15) is 31.4 Å². The Labute approximate surface area is 255 Å². The SMILES string of the molecule is CCc1ccccc1N1/C(=N/C(=O)N/C=C(\F)c2ccc(-c3ncn(-c4ccc(OC(F)(F)F)cc4)n3)cc2)SCCC1C. The highest BCUT2D eigenvalue weighted by Crippen LogP contribution is 2.32. The molecule has 4 aromatic rings. The van der Waals surface area contributed by atoms with Crippen molar-refractivity contribution in [2.75, 3.05) is 10.7 Å². The zero-order chi connectivity index (χ0) is 31.3. The first kappa shape index (κ1) is 30.8. The standard InChI is InChI=1S/C31H28F4N6O2S/c1-3-21-6-4-5-7-27(21)41-20(2)16-17-44-30(41)38-29(42)36-18-26(32)22-8-10-23(11-9-22)28-37-19-40(39-28)24-12-14-25(15-13-24)43-31(33,34)35/h4-15,18-20H,3,16-17H2,1-2H3,(H,36,42)/b26-18-,38-30-. The monoisotopic (exact) mass is 624 g/mol. The number of carbonyl (C=O) groups is 1. The third-order valence-electron chi connectivity index (χ3n) is 6.81. The van der Waals surface area contributed by atoms with Crippen molar-refractivity contribution < 1.29 is 27.1 Å². The highest BCUT2D eigenvalue weighted by atomic mass is 32.2. The molecule has 44 heavy (non-hydrogen) atoms. The maximum Gasteiger partial charge on any atom is 0.573 e. The van der Waals surface area contributed by atoms with E-state index < -0.39 is 18.2 Å². The largest absolute Gasteiger partial charge is 0.573 e. The number of para-hydroxylation sites is 1. The number of aryl methyl sites for hydroxylation is 1. The van der Waals surface area contributed by atoms with E-state index in [0.717, 1.165) is 36.0 Å². The van der Waals surface area contributed by atoms with E-state index in [4.69, 9.17) is 0 Å². The molecule has 228 valence electrons. The minimum absolute atomic E-state index is 0.153. The molecule has 1 N–H and O–H groups in total. The molecule has 2 amide bonds. The number of amides is 2. The van der Waals surface area contributed by atoms with Crippen LogP contribution in [0, 0.1) is 0 Å². The van der Waals surface area contributed by atoms with Crippen LogP contribution in [0.2, 0.25) is 0 Å². The normalized spacial score (nSPS) is 16.7. The molecule has 1 unspecified atom stereocenters. The summed E-state index contributed by atoms with van der Waals surface area (Å²) in [5, 5.41) is 7.34. The second-order valence-electron chi connectivity index (χ2n) is 9.81. The van der Waals surface area contributed by atoms with Crippen LogP contribution in [0.3, 0.4) is 0 Å². The van der Waals surface area contributed by atoms with Crippen molar-refractivity contribution >= 4 is 34.5 Å². The number of aliphatic imine (C=N–C) groups is 1. The van der Waals surface area contributed by atoms with Crippen LogP contribution in [-0.4, -0.2) is 44.1 Å². The predicted molar refractivity (Wildman–Crippen MR) is 163 cm³/mol. The number of hydrogen-bond donors (Lipinski definition) is 1. The third-order valence-corrected chi connectivity index (χ3v) is 7.80. The first-order chi connectivity index (χ1) is 21.1. The van der Waals surface area contributed by atoms with Gasteiger partial charge in [0.15, 0.2) is 11.0 Å². The fraction of sp³-hybridized carbons (Fsp3) is 0.226. The van der Waals surface area contributed by atoms with Crippen molar-refractivity contribution in [1.82, 2.24) is 20.1 Å². The van der Waals surface area contributed by atoms with Gasteiger partial charge in [0.25, 0.3) is 0 Å². The van der Waals surface area contributed by atoms with Crippen molar-refractivity contribution in [3.8, 4) is 22.8 Å². The van der Waals surface area contributed by atoms with Gasteiger partial charge in [-0.3, -0.25) is 0 Å². The van der Waals surface area contributed by atoms with E-state index >= 15 is 0 Å². The molecular weight excluding hydrogens is 596 g/mol. The molecule has 3 aromatic carbocycles. The minimum Gasteiger partial charge on any atom is -0.406 e. The number of anilines is 1. The first-order valence-corrected chi connectivity index (χ1v) is 14.7. The molecule has 1 aromatic heterocycles. The van der Waals surface area contributed by atoms with E-state index in [1.54, 1.807) is 12.1 Å². The lowest BCUT2D eigenvalue weighted by atomic mass is 10.1. The van der Waals surface area contributed by atoms with E-state index in [-0.39, 0.29) is 17.4 Å².